The van der Waals surface area contributed by atoms with E-state index in [1.807, 2.05) is 32.9 Å². The number of ether oxygens (including phenoxy) is 3. The Bertz CT molecular complexity index is 520. The normalized spacial score (nSPS) is 15.3. The number of nitrogens with zero attached hydrogens (tertiary/aromatic N) is 3. The molecule has 7 nitrogen and oxygen atoms in total. The van der Waals surface area contributed by atoms with Crippen molar-refractivity contribution in [2.75, 3.05) is 51.4 Å². The molecule has 2 rings (SSSR count). The highest BCUT2D eigenvalue weighted by atomic mass is 16.6. The van der Waals surface area contributed by atoms with Gasteiger partial charge in [-0.3, -0.25) is 0 Å². The van der Waals surface area contributed by atoms with E-state index in [0.29, 0.717) is 26.3 Å². The molecule has 0 spiro atoms. The molecule has 0 aliphatic carbocycles. The van der Waals surface area contributed by atoms with Gasteiger partial charge in [-0.05, 0) is 32.9 Å². The van der Waals surface area contributed by atoms with E-state index in [1.54, 1.807) is 18.2 Å². The highest BCUT2D eigenvalue weighted by Gasteiger charge is 2.26. The molecule has 1 aromatic heterocycles. The van der Waals surface area contributed by atoms with Gasteiger partial charge in [-0.25, -0.2) is 9.78 Å². The van der Waals surface area contributed by atoms with Crippen molar-refractivity contribution < 1.29 is 19.0 Å². The molecule has 0 unspecified atom stereocenters. The van der Waals surface area contributed by atoms with Crippen molar-refractivity contribution in [1.29, 1.82) is 0 Å². The lowest BCUT2D eigenvalue weighted by Gasteiger charge is -2.36. The van der Waals surface area contributed by atoms with E-state index in [2.05, 4.69) is 9.88 Å². The molecule has 0 bridgehead atoms. The van der Waals surface area contributed by atoms with Crippen molar-refractivity contribution in [2.24, 2.45) is 0 Å². The number of amides is 1. The first-order valence-electron chi connectivity index (χ1n) is 8.20. The second-order valence-electron chi connectivity index (χ2n) is 6.65. The summed E-state index contributed by atoms with van der Waals surface area (Å²) >= 11 is 0. The fourth-order valence-electron chi connectivity index (χ4n) is 2.33. The zero-order valence-corrected chi connectivity index (χ0v) is 14.9. The molecule has 0 saturated carbocycles. The topological polar surface area (TPSA) is 64.1 Å². The second-order valence-corrected chi connectivity index (χ2v) is 6.65. The fraction of sp³-hybridized carbons (Fsp3) is 0.647. The third-order valence-corrected chi connectivity index (χ3v) is 3.53. The van der Waals surface area contributed by atoms with E-state index >= 15 is 0 Å². The minimum absolute atomic E-state index is 0.253. The van der Waals surface area contributed by atoms with Crippen molar-refractivity contribution in [1.82, 2.24) is 9.88 Å². The van der Waals surface area contributed by atoms with Gasteiger partial charge < -0.3 is 24.0 Å². The zero-order chi connectivity index (χ0) is 17.6. The highest BCUT2D eigenvalue weighted by molar-refractivity contribution is 5.68. The van der Waals surface area contributed by atoms with Crippen LogP contribution in [0.25, 0.3) is 0 Å². The Labute approximate surface area is 143 Å². The molecule has 0 radical (unpaired) electrons. The Morgan fingerprint density at radius 2 is 1.88 bits per heavy atom. The molecule has 1 amide bonds. The molecule has 1 aliphatic rings. The van der Waals surface area contributed by atoms with Gasteiger partial charge in [0.2, 0.25) is 0 Å². The summed E-state index contributed by atoms with van der Waals surface area (Å²) in [6, 6.07) is 3.84. The smallest absolute Gasteiger partial charge is 0.410 e. The Balaban J connectivity index is 1.82. The van der Waals surface area contributed by atoms with Crippen molar-refractivity contribution >= 4 is 11.9 Å². The van der Waals surface area contributed by atoms with E-state index in [4.69, 9.17) is 14.2 Å². The molecule has 7 heteroatoms. The molecule has 2 heterocycles. The number of pyridine rings is 1. The van der Waals surface area contributed by atoms with Crippen molar-refractivity contribution in [3.8, 4) is 5.75 Å². The van der Waals surface area contributed by atoms with Crippen molar-refractivity contribution in [3.05, 3.63) is 18.3 Å². The number of carbonyl (C=O) groups excluding carboxylic acids is 1. The number of methoxy groups -OCH3 is 1. The molecule has 1 aliphatic heterocycles. The largest absolute Gasteiger partial charge is 0.490 e. The van der Waals surface area contributed by atoms with E-state index < -0.39 is 5.60 Å². The third-order valence-electron chi connectivity index (χ3n) is 3.53. The van der Waals surface area contributed by atoms with Gasteiger partial charge in [0.15, 0.2) is 0 Å². The quantitative estimate of drug-likeness (QED) is 0.767. The zero-order valence-electron chi connectivity index (χ0n) is 14.9. The first kappa shape index (κ1) is 18.3. The number of aromatic nitrogens is 1. The monoisotopic (exact) mass is 337 g/mol. The lowest BCUT2D eigenvalue weighted by atomic mass is 10.2. The summed E-state index contributed by atoms with van der Waals surface area (Å²) in [5.74, 6) is 1.61. The van der Waals surface area contributed by atoms with Gasteiger partial charge in [0.05, 0.1) is 12.8 Å². The molecule has 1 fully saturated rings. The van der Waals surface area contributed by atoms with Crippen LogP contribution in [0, 0.1) is 0 Å². The molecule has 1 saturated heterocycles. The number of hydrogen-bond acceptors (Lipinski definition) is 6. The maximum absolute atomic E-state index is 12.1. The maximum atomic E-state index is 12.1. The van der Waals surface area contributed by atoms with Gasteiger partial charge in [-0.2, -0.15) is 0 Å². The SMILES string of the molecule is COCCOc1ccc(N2CCN(C(=O)OC(C)(C)C)CC2)nc1. The fourth-order valence-corrected chi connectivity index (χ4v) is 2.33. The van der Waals surface area contributed by atoms with E-state index in [9.17, 15) is 4.79 Å². The molecule has 24 heavy (non-hydrogen) atoms. The van der Waals surface area contributed by atoms with Gasteiger partial charge in [0.1, 0.15) is 23.8 Å². The predicted octanol–water partition coefficient (Wildman–Crippen LogP) is 2.16. The van der Waals surface area contributed by atoms with Gasteiger partial charge >= 0.3 is 6.09 Å². The Morgan fingerprint density at radius 1 is 1.17 bits per heavy atom. The number of piperazine rings is 1. The summed E-state index contributed by atoms with van der Waals surface area (Å²) in [4.78, 5) is 20.4. The summed E-state index contributed by atoms with van der Waals surface area (Å²) in [6.45, 7) is 9.40. The molecular formula is C17H27N3O4. The van der Waals surface area contributed by atoms with Gasteiger partial charge in [-0.15, -0.1) is 0 Å². The Morgan fingerprint density at radius 3 is 2.42 bits per heavy atom. The van der Waals surface area contributed by atoms with Crippen molar-refractivity contribution in [2.45, 2.75) is 26.4 Å². The van der Waals surface area contributed by atoms with Crippen LogP contribution in [0.5, 0.6) is 5.75 Å². The predicted molar refractivity (Wildman–Crippen MR) is 91.6 cm³/mol. The van der Waals surface area contributed by atoms with Crippen LogP contribution in [0.4, 0.5) is 10.6 Å². The number of hydrogen-bond donors (Lipinski definition) is 0. The lowest BCUT2D eigenvalue weighted by Crippen LogP contribution is -2.50. The molecule has 0 aromatic carbocycles. The van der Waals surface area contributed by atoms with Crippen LogP contribution in [0.3, 0.4) is 0 Å². The number of rotatable bonds is 5. The third kappa shape index (κ3) is 5.56. The van der Waals surface area contributed by atoms with Crippen LogP contribution >= 0.6 is 0 Å². The summed E-state index contributed by atoms with van der Waals surface area (Å²) in [6.07, 6.45) is 1.46. The summed E-state index contributed by atoms with van der Waals surface area (Å²) in [5, 5.41) is 0. The van der Waals surface area contributed by atoms with Crippen LogP contribution in [0.1, 0.15) is 20.8 Å². The van der Waals surface area contributed by atoms with Gasteiger partial charge in [0.25, 0.3) is 0 Å². The first-order chi connectivity index (χ1) is 11.4. The van der Waals surface area contributed by atoms with Crippen LogP contribution in [0.2, 0.25) is 0 Å². The van der Waals surface area contributed by atoms with E-state index in [-0.39, 0.29) is 6.09 Å². The van der Waals surface area contributed by atoms with Crippen molar-refractivity contribution in [3.63, 3.8) is 0 Å². The van der Waals surface area contributed by atoms with Gasteiger partial charge in [-0.1, -0.05) is 0 Å². The van der Waals surface area contributed by atoms with E-state index in [0.717, 1.165) is 24.7 Å². The number of anilines is 1. The highest BCUT2D eigenvalue weighted by Crippen LogP contribution is 2.18. The lowest BCUT2D eigenvalue weighted by molar-refractivity contribution is 0.0240. The average Bonchev–Trinajstić information content (AvgIpc) is 2.54. The Hall–Kier alpha value is -2.02. The minimum atomic E-state index is -0.464. The minimum Gasteiger partial charge on any atom is -0.490 e. The van der Waals surface area contributed by atoms with Crippen LogP contribution in [-0.2, 0) is 9.47 Å². The number of carbonyl (C=O) groups is 1. The van der Waals surface area contributed by atoms with E-state index in [1.165, 1.54) is 0 Å². The molecular weight excluding hydrogens is 310 g/mol. The molecule has 0 atom stereocenters. The molecule has 1 aromatic rings. The average molecular weight is 337 g/mol. The molecule has 134 valence electrons. The summed E-state index contributed by atoms with van der Waals surface area (Å²) in [5.41, 5.74) is -0.464. The second kappa shape index (κ2) is 8.19. The maximum Gasteiger partial charge on any atom is 0.410 e. The Kier molecular flexibility index (Phi) is 6.25. The molecule has 0 N–H and O–H groups in total. The first-order valence-corrected chi connectivity index (χ1v) is 8.20. The van der Waals surface area contributed by atoms with Crippen LogP contribution in [-0.4, -0.2) is 68.1 Å². The van der Waals surface area contributed by atoms with Crippen LogP contribution in [0.15, 0.2) is 18.3 Å². The van der Waals surface area contributed by atoms with Gasteiger partial charge in [0, 0.05) is 33.3 Å². The summed E-state index contributed by atoms with van der Waals surface area (Å²) in [7, 11) is 1.64. The van der Waals surface area contributed by atoms with Crippen LogP contribution < -0.4 is 9.64 Å². The standard InChI is InChI=1S/C17H27N3O4/c1-17(2,3)24-16(21)20-9-7-19(8-10-20)15-6-5-14(13-18-15)23-12-11-22-4/h5-6,13H,7-12H2,1-4H3. The summed E-state index contributed by atoms with van der Waals surface area (Å²) < 4.78 is 15.9.